The van der Waals surface area contributed by atoms with Gasteiger partial charge >= 0.3 is 0 Å². The Morgan fingerprint density at radius 2 is 1.90 bits per heavy atom. The zero-order chi connectivity index (χ0) is 20.8. The SMILES string of the molecule is CCCNC(=O)CN1CCN(C(=O)CCN2C(=O)C(C)Oc3ccccc32)CC1. The normalized spacial score (nSPS) is 19.5. The number of rotatable bonds is 7. The van der Waals surface area contributed by atoms with Crippen molar-refractivity contribution in [2.45, 2.75) is 32.8 Å². The molecule has 1 aromatic carbocycles. The van der Waals surface area contributed by atoms with Crippen LogP contribution in [0.4, 0.5) is 5.69 Å². The van der Waals surface area contributed by atoms with Gasteiger partial charge in [-0.25, -0.2) is 0 Å². The molecule has 1 unspecified atom stereocenters. The summed E-state index contributed by atoms with van der Waals surface area (Å²) in [5.41, 5.74) is 0.714. The molecule has 0 spiro atoms. The molecule has 3 rings (SSSR count). The van der Waals surface area contributed by atoms with Crippen LogP contribution in [0.25, 0.3) is 0 Å². The third-order valence-electron chi connectivity index (χ3n) is 5.29. The van der Waals surface area contributed by atoms with Crippen molar-refractivity contribution in [1.82, 2.24) is 15.1 Å². The number of ether oxygens (including phenoxy) is 1. The maximum absolute atomic E-state index is 12.7. The van der Waals surface area contributed by atoms with Crippen LogP contribution in [0.15, 0.2) is 24.3 Å². The summed E-state index contributed by atoms with van der Waals surface area (Å²) in [5.74, 6) is 0.608. The summed E-state index contributed by atoms with van der Waals surface area (Å²) in [6.07, 6.45) is 0.634. The molecule has 2 heterocycles. The topological polar surface area (TPSA) is 82.2 Å². The van der Waals surface area contributed by atoms with E-state index in [1.165, 1.54) is 0 Å². The van der Waals surface area contributed by atoms with Crippen molar-refractivity contribution in [1.29, 1.82) is 0 Å². The summed E-state index contributed by atoms with van der Waals surface area (Å²) in [7, 11) is 0. The summed E-state index contributed by atoms with van der Waals surface area (Å²) in [4.78, 5) is 42.6. The second kappa shape index (κ2) is 9.73. The van der Waals surface area contributed by atoms with Crippen LogP contribution in [0.2, 0.25) is 0 Å². The molecule has 1 atom stereocenters. The number of amides is 3. The van der Waals surface area contributed by atoms with Gasteiger partial charge in [-0.1, -0.05) is 19.1 Å². The fraction of sp³-hybridized carbons (Fsp3) is 0.571. The van der Waals surface area contributed by atoms with Gasteiger partial charge in [-0.15, -0.1) is 0 Å². The van der Waals surface area contributed by atoms with Crippen molar-refractivity contribution in [2.24, 2.45) is 0 Å². The molecule has 0 radical (unpaired) electrons. The molecule has 1 saturated heterocycles. The van der Waals surface area contributed by atoms with Crippen molar-refractivity contribution in [3.05, 3.63) is 24.3 Å². The maximum atomic E-state index is 12.7. The van der Waals surface area contributed by atoms with Gasteiger partial charge in [0.15, 0.2) is 6.10 Å². The molecule has 0 aromatic heterocycles. The lowest BCUT2D eigenvalue weighted by Gasteiger charge is -2.36. The minimum Gasteiger partial charge on any atom is -0.479 e. The Kier molecular flexibility index (Phi) is 7.09. The first kappa shape index (κ1) is 21.1. The van der Waals surface area contributed by atoms with Crippen molar-refractivity contribution < 1.29 is 19.1 Å². The van der Waals surface area contributed by atoms with E-state index in [4.69, 9.17) is 4.74 Å². The van der Waals surface area contributed by atoms with Crippen molar-refractivity contribution in [3.8, 4) is 5.75 Å². The van der Waals surface area contributed by atoms with E-state index in [2.05, 4.69) is 10.2 Å². The van der Waals surface area contributed by atoms with Gasteiger partial charge in [0.05, 0.1) is 12.2 Å². The number of nitrogens with zero attached hydrogens (tertiary/aromatic N) is 3. The smallest absolute Gasteiger partial charge is 0.267 e. The van der Waals surface area contributed by atoms with Crippen molar-refractivity contribution >= 4 is 23.4 Å². The number of carbonyl (C=O) groups is 3. The molecule has 2 aliphatic heterocycles. The highest BCUT2D eigenvalue weighted by molar-refractivity contribution is 6.00. The number of carbonyl (C=O) groups excluding carboxylic acids is 3. The molecule has 8 nitrogen and oxygen atoms in total. The van der Waals surface area contributed by atoms with Crippen LogP contribution < -0.4 is 15.0 Å². The lowest BCUT2D eigenvalue weighted by atomic mass is 10.1. The van der Waals surface area contributed by atoms with Crippen LogP contribution in [0, 0.1) is 0 Å². The maximum Gasteiger partial charge on any atom is 0.267 e. The van der Waals surface area contributed by atoms with Gasteiger partial charge in [-0.05, 0) is 25.5 Å². The summed E-state index contributed by atoms with van der Waals surface area (Å²) >= 11 is 0. The van der Waals surface area contributed by atoms with E-state index < -0.39 is 6.10 Å². The van der Waals surface area contributed by atoms with E-state index in [1.807, 2.05) is 36.1 Å². The van der Waals surface area contributed by atoms with Crippen LogP contribution in [-0.2, 0) is 14.4 Å². The summed E-state index contributed by atoms with van der Waals surface area (Å²) < 4.78 is 5.64. The van der Waals surface area contributed by atoms with Crippen LogP contribution in [0.1, 0.15) is 26.7 Å². The molecule has 1 fully saturated rings. The zero-order valence-corrected chi connectivity index (χ0v) is 17.2. The van der Waals surface area contributed by atoms with Crippen molar-refractivity contribution in [3.63, 3.8) is 0 Å². The van der Waals surface area contributed by atoms with Gasteiger partial charge in [0.1, 0.15) is 5.75 Å². The van der Waals surface area contributed by atoms with Crippen LogP contribution in [-0.4, -0.2) is 79.4 Å². The molecule has 3 amide bonds. The zero-order valence-electron chi connectivity index (χ0n) is 17.2. The predicted octanol–water partition coefficient (Wildman–Crippen LogP) is 0.861. The summed E-state index contributed by atoms with van der Waals surface area (Å²) in [5, 5.41) is 2.88. The average molecular weight is 402 g/mol. The highest BCUT2D eigenvalue weighted by atomic mass is 16.5. The molecular formula is C21H30N4O4. The Morgan fingerprint density at radius 3 is 2.62 bits per heavy atom. The Bertz CT molecular complexity index is 746. The van der Waals surface area contributed by atoms with E-state index >= 15 is 0 Å². The average Bonchev–Trinajstić information content (AvgIpc) is 2.73. The number of piperazine rings is 1. The first-order valence-electron chi connectivity index (χ1n) is 10.3. The highest BCUT2D eigenvalue weighted by Gasteiger charge is 2.32. The molecule has 1 aromatic rings. The first-order valence-corrected chi connectivity index (χ1v) is 10.3. The predicted molar refractivity (Wildman–Crippen MR) is 110 cm³/mol. The van der Waals surface area contributed by atoms with E-state index in [-0.39, 0.29) is 24.1 Å². The number of anilines is 1. The molecule has 2 aliphatic rings. The van der Waals surface area contributed by atoms with Gasteiger partial charge < -0.3 is 19.9 Å². The van der Waals surface area contributed by atoms with E-state index in [0.717, 1.165) is 6.42 Å². The largest absolute Gasteiger partial charge is 0.479 e. The second-order valence-electron chi connectivity index (χ2n) is 7.47. The van der Waals surface area contributed by atoms with E-state index in [0.29, 0.717) is 57.3 Å². The van der Waals surface area contributed by atoms with Crippen LogP contribution >= 0.6 is 0 Å². The minimum absolute atomic E-state index is 0.0320. The number of fused-ring (bicyclic) bond motifs is 1. The Labute approximate surface area is 171 Å². The fourth-order valence-corrected chi connectivity index (χ4v) is 3.63. The Hall–Kier alpha value is -2.61. The number of hydrogen-bond donors (Lipinski definition) is 1. The number of para-hydroxylation sites is 2. The van der Waals surface area contributed by atoms with Gasteiger partial charge in [0.25, 0.3) is 5.91 Å². The Morgan fingerprint density at radius 1 is 1.17 bits per heavy atom. The van der Waals surface area contributed by atoms with Crippen molar-refractivity contribution in [2.75, 3.05) is 50.7 Å². The molecule has 1 N–H and O–H groups in total. The van der Waals surface area contributed by atoms with Gasteiger partial charge in [0, 0.05) is 45.7 Å². The minimum atomic E-state index is -0.553. The summed E-state index contributed by atoms with van der Waals surface area (Å²) in [6, 6.07) is 7.40. The van der Waals surface area contributed by atoms with Gasteiger partial charge in [-0.2, -0.15) is 0 Å². The lowest BCUT2D eigenvalue weighted by molar-refractivity contribution is -0.133. The van der Waals surface area contributed by atoms with Gasteiger partial charge in [0.2, 0.25) is 11.8 Å². The second-order valence-corrected chi connectivity index (χ2v) is 7.47. The number of benzene rings is 1. The Balaban J connectivity index is 1.48. The van der Waals surface area contributed by atoms with E-state index in [1.54, 1.807) is 11.8 Å². The fourth-order valence-electron chi connectivity index (χ4n) is 3.63. The molecular weight excluding hydrogens is 372 g/mol. The van der Waals surface area contributed by atoms with Crippen LogP contribution in [0.3, 0.4) is 0 Å². The number of nitrogens with one attached hydrogen (secondary N) is 1. The molecule has 8 heteroatoms. The lowest BCUT2D eigenvalue weighted by Crippen LogP contribution is -2.52. The first-order chi connectivity index (χ1) is 14.0. The third-order valence-corrected chi connectivity index (χ3v) is 5.29. The molecule has 29 heavy (non-hydrogen) atoms. The standard InChI is InChI=1S/C21H30N4O4/c1-3-9-22-19(26)15-23-11-13-24(14-12-23)20(27)8-10-25-17-6-4-5-7-18(17)29-16(2)21(25)28/h4-7,16H,3,8-15H2,1-2H3,(H,22,26). The number of hydrogen-bond acceptors (Lipinski definition) is 5. The molecule has 0 aliphatic carbocycles. The monoisotopic (exact) mass is 402 g/mol. The van der Waals surface area contributed by atoms with Gasteiger partial charge in [-0.3, -0.25) is 19.3 Å². The highest BCUT2D eigenvalue weighted by Crippen LogP contribution is 2.33. The quantitative estimate of drug-likeness (QED) is 0.732. The third kappa shape index (κ3) is 5.26. The summed E-state index contributed by atoms with van der Waals surface area (Å²) in [6.45, 7) is 7.72. The molecule has 0 saturated carbocycles. The molecule has 158 valence electrons. The molecule has 0 bridgehead atoms. The van der Waals surface area contributed by atoms with E-state index in [9.17, 15) is 14.4 Å². The van der Waals surface area contributed by atoms with Crippen LogP contribution in [0.5, 0.6) is 5.75 Å².